The summed E-state index contributed by atoms with van der Waals surface area (Å²) < 4.78 is 10.5. The summed E-state index contributed by atoms with van der Waals surface area (Å²) in [7, 11) is 0. The van der Waals surface area contributed by atoms with Crippen LogP contribution in [0.5, 0.6) is 0 Å². The molecular formula is C24H25NO5. The highest BCUT2D eigenvalue weighted by Gasteiger charge is 2.18. The van der Waals surface area contributed by atoms with E-state index in [1.54, 1.807) is 24.3 Å². The molecule has 0 saturated carbocycles. The number of ether oxygens (including phenoxy) is 1. The molecule has 0 aliphatic rings. The first-order chi connectivity index (χ1) is 14.3. The Kier molecular flexibility index (Phi) is 6.35. The zero-order valence-corrected chi connectivity index (χ0v) is 17.5. The van der Waals surface area contributed by atoms with Crippen molar-refractivity contribution in [2.24, 2.45) is 0 Å². The lowest BCUT2D eigenvalue weighted by Gasteiger charge is -2.20. The molecule has 0 fully saturated rings. The maximum atomic E-state index is 12.5. The Morgan fingerprint density at radius 1 is 0.967 bits per heavy atom. The van der Waals surface area contributed by atoms with Gasteiger partial charge < -0.3 is 14.5 Å². The number of esters is 1. The highest BCUT2D eigenvalue weighted by atomic mass is 16.5. The molecular weight excluding hydrogens is 382 g/mol. The van der Waals surface area contributed by atoms with Gasteiger partial charge in [0, 0.05) is 11.8 Å². The van der Waals surface area contributed by atoms with Crippen molar-refractivity contribution in [1.29, 1.82) is 0 Å². The SMILES string of the molecule is CC(C)c1cccc(C(C)C)c1NC(=O)COC(=O)c1cc(=O)c2ccccc2o1. The Balaban J connectivity index is 1.74. The number of benzene rings is 2. The van der Waals surface area contributed by atoms with Gasteiger partial charge in [-0.15, -0.1) is 0 Å². The van der Waals surface area contributed by atoms with Gasteiger partial charge in [-0.05, 0) is 35.1 Å². The predicted octanol–water partition coefficient (Wildman–Crippen LogP) is 4.84. The first-order valence-electron chi connectivity index (χ1n) is 9.90. The summed E-state index contributed by atoms with van der Waals surface area (Å²) >= 11 is 0. The van der Waals surface area contributed by atoms with Crippen LogP contribution in [0.2, 0.25) is 0 Å². The number of rotatable bonds is 6. The van der Waals surface area contributed by atoms with Gasteiger partial charge in [0.1, 0.15) is 5.58 Å². The average Bonchev–Trinajstić information content (AvgIpc) is 2.71. The van der Waals surface area contributed by atoms with E-state index in [0.29, 0.717) is 5.39 Å². The minimum Gasteiger partial charge on any atom is -0.450 e. The van der Waals surface area contributed by atoms with Crippen molar-refractivity contribution in [2.45, 2.75) is 39.5 Å². The molecule has 3 rings (SSSR count). The number of hydrogen-bond donors (Lipinski definition) is 1. The van der Waals surface area contributed by atoms with Gasteiger partial charge in [-0.1, -0.05) is 58.0 Å². The van der Waals surface area contributed by atoms with E-state index in [0.717, 1.165) is 22.9 Å². The van der Waals surface area contributed by atoms with Crippen LogP contribution in [0, 0.1) is 0 Å². The Morgan fingerprint density at radius 3 is 2.23 bits per heavy atom. The molecule has 0 saturated heterocycles. The van der Waals surface area contributed by atoms with Crippen LogP contribution in [-0.4, -0.2) is 18.5 Å². The molecule has 0 spiro atoms. The van der Waals surface area contributed by atoms with Crippen molar-refractivity contribution in [1.82, 2.24) is 0 Å². The van der Waals surface area contributed by atoms with Crippen LogP contribution in [-0.2, 0) is 9.53 Å². The lowest BCUT2D eigenvalue weighted by Crippen LogP contribution is -2.23. The second-order valence-electron chi connectivity index (χ2n) is 7.72. The van der Waals surface area contributed by atoms with Gasteiger partial charge in [-0.25, -0.2) is 4.79 Å². The van der Waals surface area contributed by atoms with Gasteiger partial charge >= 0.3 is 5.97 Å². The Hall–Kier alpha value is -3.41. The van der Waals surface area contributed by atoms with Crippen LogP contribution in [0.4, 0.5) is 5.69 Å². The monoisotopic (exact) mass is 407 g/mol. The summed E-state index contributed by atoms with van der Waals surface area (Å²) in [5, 5.41) is 3.25. The molecule has 0 aliphatic carbocycles. The van der Waals surface area contributed by atoms with Gasteiger partial charge in [0.05, 0.1) is 5.39 Å². The Morgan fingerprint density at radius 2 is 1.60 bits per heavy atom. The van der Waals surface area contributed by atoms with Crippen LogP contribution < -0.4 is 10.7 Å². The van der Waals surface area contributed by atoms with E-state index in [9.17, 15) is 14.4 Å². The molecule has 1 N–H and O–H groups in total. The summed E-state index contributed by atoms with van der Waals surface area (Å²) in [4.78, 5) is 36.9. The third-order valence-electron chi connectivity index (χ3n) is 4.81. The van der Waals surface area contributed by atoms with Crippen molar-refractivity contribution >= 4 is 28.5 Å². The van der Waals surface area contributed by atoms with Crippen LogP contribution in [0.1, 0.15) is 61.2 Å². The second kappa shape index (κ2) is 8.95. The molecule has 0 bridgehead atoms. The van der Waals surface area contributed by atoms with Crippen LogP contribution in [0.3, 0.4) is 0 Å². The highest BCUT2D eigenvalue weighted by molar-refractivity contribution is 5.96. The Labute approximate surface area is 174 Å². The molecule has 0 radical (unpaired) electrons. The second-order valence-corrected chi connectivity index (χ2v) is 7.72. The molecule has 6 nitrogen and oxygen atoms in total. The van der Waals surface area contributed by atoms with Crippen molar-refractivity contribution in [3.05, 3.63) is 75.6 Å². The van der Waals surface area contributed by atoms with Crippen LogP contribution >= 0.6 is 0 Å². The molecule has 0 unspecified atom stereocenters. The van der Waals surface area contributed by atoms with Crippen molar-refractivity contribution < 1.29 is 18.7 Å². The number of fused-ring (bicyclic) bond motifs is 1. The Bertz CT molecular complexity index is 1120. The van der Waals surface area contributed by atoms with Crippen LogP contribution in [0.25, 0.3) is 11.0 Å². The number of carbonyl (C=O) groups excluding carboxylic acids is 2. The zero-order chi connectivity index (χ0) is 21.8. The third kappa shape index (κ3) is 4.59. The smallest absolute Gasteiger partial charge is 0.374 e. The lowest BCUT2D eigenvalue weighted by atomic mass is 9.92. The normalized spacial score (nSPS) is 11.1. The lowest BCUT2D eigenvalue weighted by molar-refractivity contribution is -0.119. The largest absolute Gasteiger partial charge is 0.450 e. The topological polar surface area (TPSA) is 85.6 Å². The van der Waals surface area contributed by atoms with Gasteiger partial charge in [-0.3, -0.25) is 9.59 Å². The fourth-order valence-electron chi connectivity index (χ4n) is 3.28. The summed E-state index contributed by atoms with van der Waals surface area (Å²) in [6.07, 6.45) is 0. The fourth-order valence-corrected chi connectivity index (χ4v) is 3.28. The zero-order valence-electron chi connectivity index (χ0n) is 17.5. The average molecular weight is 407 g/mol. The summed E-state index contributed by atoms with van der Waals surface area (Å²) in [6, 6.07) is 13.6. The molecule has 1 aromatic heterocycles. The maximum Gasteiger partial charge on any atom is 0.374 e. The molecule has 3 aromatic rings. The number of anilines is 1. The first kappa shape index (κ1) is 21.3. The van der Waals surface area contributed by atoms with Crippen molar-refractivity contribution in [3.63, 3.8) is 0 Å². The number of para-hydroxylation sites is 2. The van der Waals surface area contributed by atoms with Crippen LogP contribution in [0.15, 0.2) is 57.7 Å². The van der Waals surface area contributed by atoms with E-state index in [1.807, 2.05) is 18.2 Å². The maximum absolute atomic E-state index is 12.5. The summed E-state index contributed by atoms with van der Waals surface area (Å²) in [6.45, 7) is 7.72. The number of hydrogen-bond acceptors (Lipinski definition) is 5. The van der Waals surface area contributed by atoms with Crippen molar-refractivity contribution in [2.75, 3.05) is 11.9 Å². The van der Waals surface area contributed by atoms with E-state index >= 15 is 0 Å². The van der Waals surface area contributed by atoms with Crippen molar-refractivity contribution in [3.8, 4) is 0 Å². The molecule has 0 aliphatic heterocycles. The summed E-state index contributed by atoms with van der Waals surface area (Å²) in [5.41, 5.74) is 2.72. The minimum absolute atomic E-state index is 0.216. The highest BCUT2D eigenvalue weighted by Crippen LogP contribution is 2.32. The van der Waals surface area contributed by atoms with E-state index in [1.165, 1.54) is 0 Å². The van der Waals surface area contributed by atoms with Gasteiger partial charge in [0.2, 0.25) is 5.76 Å². The van der Waals surface area contributed by atoms with Gasteiger partial charge in [0.15, 0.2) is 12.0 Å². The van der Waals surface area contributed by atoms with Gasteiger partial charge in [0.25, 0.3) is 5.91 Å². The standard InChI is InChI=1S/C24H25NO5/c1-14(2)16-9-7-10-17(15(3)4)23(16)25-22(27)13-29-24(28)21-12-19(26)18-8-5-6-11-20(18)30-21/h5-12,14-15H,13H2,1-4H3,(H,25,27). The number of carbonyl (C=O) groups is 2. The number of nitrogens with one attached hydrogen (secondary N) is 1. The molecule has 6 heteroatoms. The fraction of sp³-hybridized carbons (Fsp3) is 0.292. The first-order valence-corrected chi connectivity index (χ1v) is 9.90. The molecule has 156 valence electrons. The molecule has 2 aromatic carbocycles. The van der Waals surface area contributed by atoms with E-state index < -0.39 is 18.5 Å². The molecule has 30 heavy (non-hydrogen) atoms. The van der Waals surface area contributed by atoms with E-state index in [-0.39, 0.29) is 28.6 Å². The van der Waals surface area contributed by atoms with Gasteiger partial charge in [-0.2, -0.15) is 0 Å². The third-order valence-corrected chi connectivity index (χ3v) is 4.81. The molecule has 1 heterocycles. The van der Waals surface area contributed by atoms with E-state index in [4.69, 9.17) is 9.15 Å². The molecule has 0 atom stereocenters. The van der Waals surface area contributed by atoms with E-state index in [2.05, 4.69) is 33.0 Å². The quantitative estimate of drug-likeness (QED) is 0.591. The predicted molar refractivity (Wildman–Crippen MR) is 116 cm³/mol. The summed E-state index contributed by atoms with van der Waals surface area (Å²) in [5.74, 6) is -1.13. The minimum atomic E-state index is -0.866. The number of amides is 1. The molecule has 1 amide bonds.